The van der Waals surface area contributed by atoms with Crippen LogP contribution < -0.4 is 5.32 Å². The van der Waals surface area contributed by atoms with Gasteiger partial charge in [-0.15, -0.1) is 0 Å². The van der Waals surface area contributed by atoms with Crippen molar-refractivity contribution in [2.24, 2.45) is 0 Å². The minimum absolute atomic E-state index is 0.185. The van der Waals surface area contributed by atoms with Gasteiger partial charge in [0.2, 0.25) is 0 Å². The molecule has 1 aliphatic heterocycles. The van der Waals surface area contributed by atoms with Crippen molar-refractivity contribution in [1.29, 1.82) is 0 Å². The van der Waals surface area contributed by atoms with Crippen LogP contribution in [-0.4, -0.2) is 60.9 Å². The molecular weight excluding hydrogens is 232 g/mol. The Morgan fingerprint density at radius 3 is 2.56 bits per heavy atom. The minimum atomic E-state index is -1.11. The molecule has 0 aromatic carbocycles. The second-order valence-electron chi connectivity index (χ2n) is 5.30. The summed E-state index contributed by atoms with van der Waals surface area (Å²) in [6.07, 6.45) is 4.25. The molecule has 0 spiro atoms. The number of hydrogen-bond donors (Lipinski definition) is 2. The number of amides is 1. The number of nitrogens with one attached hydrogen (secondary N) is 1. The molecular formula is C13H24N2O3. The van der Waals surface area contributed by atoms with Crippen LogP contribution in [0.15, 0.2) is 0 Å². The summed E-state index contributed by atoms with van der Waals surface area (Å²) < 4.78 is 5.27. The second kappa shape index (κ2) is 6.50. The standard InChI is InChI=1S/C13H24N2O3/c16-12(13(17)4-2-1-3-5-13)14-6-7-15-8-10-18-11-9-15/h17H,1-11H2,(H,14,16). The maximum absolute atomic E-state index is 12.0. The summed E-state index contributed by atoms with van der Waals surface area (Å²) in [6, 6.07) is 0. The summed E-state index contributed by atoms with van der Waals surface area (Å²) in [5.74, 6) is -0.185. The van der Waals surface area contributed by atoms with Crippen molar-refractivity contribution in [3.05, 3.63) is 0 Å². The number of ether oxygens (including phenoxy) is 1. The van der Waals surface area contributed by atoms with Crippen molar-refractivity contribution < 1.29 is 14.6 Å². The minimum Gasteiger partial charge on any atom is -0.380 e. The van der Waals surface area contributed by atoms with E-state index in [1.165, 1.54) is 0 Å². The molecule has 104 valence electrons. The monoisotopic (exact) mass is 256 g/mol. The normalized spacial score (nSPS) is 24.7. The molecule has 1 saturated heterocycles. The molecule has 18 heavy (non-hydrogen) atoms. The first-order valence-electron chi connectivity index (χ1n) is 7.01. The van der Waals surface area contributed by atoms with E-state index in [4.69, 9.17) is 4.74 Å². The first-order valence-corrected chi connectivity index (χ1v) is 7.01. The summed E-state index contributed by atoms with van der Waals surface area (Å²) in [5.41, 5.74) is -1.11. The quantitative estimate of drug-likeness (QED) is 0.750. The average molecular weight is 256 g/mol. The lowest BCUT2D eigenvalue weighted by Crippen LogP contribution is -2.50. The van der Waals surface area contributed by atoms with Gasteiger partial charge in [-0.2, -0.15) is 0 Å². The van der Waals surface area contributed by atoms with Crippen LogP contribution in [0.2, 0.25) is 0 Å². The average Bonchev–Trinajstić information content (AvgIpc) is 2.41. The Kier molecular flexibility index (Phi) is 4.97. The van der Waals surface area contributed by atoms with E-state index in [2.05, 4.69) is 10.2 Å². The number of aliphatic hydroxyl groups is 1. The van der Waals surface area contributed by atoms with Gasteiger partial charge in [-0.25, -0.2) is 0 Å². The second-order valence-corrected chi connectivity index (χ2v) is 5.30. The van der Waals surface area contributed by atoms with Crippen LogP contribution >= 0.6 is 0 Å². The molecule has 5 nitrogen and oxygen atoms in total. The highest BCUT2D eigenvalue weighted by molar-refractivity contribution is 5.84. The smallest absolute Gasteiger partial charge is 0.252 e. The highest BCUT2D eigenvalue weighted by atomic mass is 16.5. The zero-order valence-electron chi connectivity index (χ0n) is 11.0. The summed E-state index contributed by atoms with van der Waals surface area (Å²) in [5, 5.41) is 13.1. The lowest BCUT2D eigenvalue weighted by Gasteiger charge is -2.31. The van der Waals surface area contributed by atoms with Gasteiger partial charge in [0.05, 0.1) is 13.2 Å². The molecule has 2 fully saturated rings. The van der Waals surface area contributed by atoms with Gasteiger partial charge in [0, 0.05) is 26.2 Å². The molecule has 1 aliphatic carbocycles. The van der Waals surface area contributed by atoms with Crippen molar-refractivity contribution in [3.8, 4) is 0 Å². The number of hydrogen-bond acceptors (Lipinski definition) is 4. The van der Waals surface area contributed by atoms with E-state index < -0.39 is 5.60 Å². The van der Waals surface area contributed by atoms with Crippen LogP contribution in [0.4, 0.5) is 0 Å². The van der Waals surface area contributed by atoms with E-state index in [1.807, 2.05) is 0 Å². The van der Waals surface area contributed by atoms with Crippen LogP contribution in [0.1, 0.15) is 32.1 Å². The van der Waals surface area contributed by atoms with Crippen LogP contribution in [-0.2, 0) is 9.53 Å². The van der Waals surface area contributed by atoms with E-state index >= 15 is 0 Å². The van der Waals surface area contributed by atoms with Crippen molar-refractivity contribution in [2.75, 3.05) is 39.4 Å². The van der Waals surface area contributed by atoms with Gasteiger partial charge in [-0.3, -0.25) is 9.69 Å². The highest BCUT2D eigenvalue weighted by Crippen LogP contribution is 2.27. The molecule has 0 unspecified atom stereocenters. The Bertz CT molecular complexity index is 271. The van der Waals surface area contributed by atoms with Crippen LogP contribution in [0.5, 0.6) is 0 Å². The van der Waals surface area contributed by atoms with Crippen molar-refractivity contribution >= 4 is 5.91 Å². The number of nitrogens with zero attached hydrogens (tertiary/aromatic N) is 1. The molecule has 0 radical (unpaired) electrons. The predicted molar refractivity (Wildman–Crippen MR) is 68.3 cm³/mol. The van der Waals surface area contributed by atoms with Gasteiger partial charge in [0.15, 0.2) is 0 Å². The first kappa shape index (κ1) is 13.8. The molecule has 1 saturated carbocycles. The van der Waals surface area contributed by atoms with Gasteiger partial charge < -0.3 is 15.2 Å². The molecule has 0 aromatic heterocycles. The Hall–Kier alpha value is -0.650. The van der Waals surface area contributed by atoms with Gasteiger partial charge >= 0.3 is 0 Å². The summed E-state index contributed by atoms with van der Waals surface area (Å²) in [6.45, 7) is 4.86. The molecule has 2 aliphatic rings. The number of carbonyl (C=O) groups is 1. The fraction of sp³-hybridized carbons (Fsp3) is 0.923. The molecule has 1 amide bonds. The zero-order chi connectivity index (χ0) is 12.8. The Labute approximate surface area is 108 Å². The fourth-order valence-corrected chi connectivity index (χ4v) is 2.68. The first-order chi connectivity index (χ1) is 8.71. The largest absolute Gasteiger partial charge is 0.380 e. The van der Waals surface area contributed by atoms with Crippen LogP contribution in [0, 0.1) is 0 Å². The van der Waals surface area contributed by atoms with E-state index in [0.717, 1.165) is 52.1 Å². The predicted octanol–water partition coefficient (Wildman–Crippen LogP) is 0.130. The third-order valence-electron chi connectivity index (χ3n) is 3.92. The van der Waals surface area contributed by atoms with Crippen molar-refractivity contribution in [3.63, 3.8) is 0 Å². The number of morpholine rings is 1. The Morgan fingerprint density at radius 2 is 1.89 bits per heavy atom. The molecule has 0 atom stereocenters. The van der Waals surface area contributed by atoms with Crippen LogP contribution in [0.25, 0.3) is 0 Å². The summed E-state index contributed by atoms with van der Waals surface area (Å²) >= 11 is 0. The summed E-state index contributed by atoms with van der Waals surface area (Å²) in [7, 11) is 0. The van der Waals surface area contributed by atoms with Gasteiger partial charge in [0.1, 0.15) is 5.60 Å². The maximum Gasteiger partial charge on any atom is 0.252 e. The molecule has 5 heteroatoms. The van der Waals surface area contributed by atoms with E-state index in [1.54, 1.807) is 0 Å². The number of rotatable bonds is 4. The molecule has 0 aromatic rings. The lowest BCUT2D eigenvalue weighted by atomic mass is 9.84. The highest BCUT2D eigenvalue weighted by Gasteiger charge is 2.36. The molecule has 0 bridgehead atoms. The Morgan fingerprint density at radius 1 is 1.22 bits per heavy atom. The maximum atomic E-state index is 12.0. The van der Waals surface area contributed by atoms with Crippen molar-refractivity contribution in [1.82, 2.24) is 10.2 Å². The van der Waals surface area contributed by atoms with Gasteiger partial charge in [0.25, 0.3) is 5.91 Å². The SMILES string of the molecule is O=C(NCCN1CCOCC1)C1(O)CCCCC1. The third-order valence-corrected chi connectivity index (χ3v) is 3.92. The van der Waals surface area contributed by atoms with Gasteiger partial charge in [-0.1, -0.05) is 19.3 Å². The van der Waals surface area contributed by atoms with E-state index in [-0.39, 0.29) is 5.91 Å². The third kappa shape index (κ3) is 3.67. The topological polar surface area (TPSA) is 61.8 Å². The fourth-order valence-electron chi connectivity index (χ4n) is 2.68. The van der Waals surface area contributed by atoms with E-state index in [0.29, 0.717) is 19.4 Å². The Balaban J connectivity index is 1.67. The molecule has 2 rings (SSSR count). The lowest BCUT2D eigenvalue weighted by molar-refractivity contribution is -0.143. The van der Waals surface area contributed by atoms with Crippen LogP contribution in [0.3, 0.4) is 0 Å². The van der Waals surface area contributed by atoms with Gasteiger partial charge in [-0.05, 0) is 12.8 Å². The summed E-state index contributed by atoms with van der Waals surface area (Å²) in [4.78, 5) is 14.2. The molecule has 2 N–H and O–H groups in total. The van der Waals surface area contributed by atoms with Crippen molar-refractivity contribution in [2.45, 2.75) is 37.7 Å². The molecule has 1 heterocycles. The zero-order valence-corrected chi connectivity index (χ0v) is 11.0. The van der Waals surface area contributed by atoms with E-state index in [9.17, 15) is 9.90 Å². The number of carbonyl (C=O) groups excluding carboxylic acids is 1.